The number of hydrogen-bond acceptors (Lipinski definition) is 3. The molecule has 0 aliphatic heterocycles. The van der Waals surface area contributed by atoms with Crippen molar-refractivity contribution in [1.82, 2.24) is 10.2 Å². The zero-order chi connectivity index (χ0) is 12.4. The summed E-state index contributed by atoms with van der Waals surface area (Å²) in [5.41, 5.74) is 2.42. The summed E-state index contributed by atoms with van der Waals surface area (Å²) < 4.78 is 0. The van der Waals surface area contributed by atoms with E-state index in [2.05, 4.69) is 15.5 Å². The molecule has 0 spiro atoms. The van der Waals surface area contributed by atoms with Gasteiger partial charge in [0.15, 0.2) is 5.15 Å². The van der Waals surface area contributed by atoms with E-state index in [1.54, 1.807) is 18.3 Å². The van der Waals surface area contributed by atoms with Crippen LogP contribution in [0.15, 0.2) is 24.4 Å². The van der Waals surface area contributed by atoms with Crippen molar-refractivity contribution in [3.05, 3.63) is 45.2 Å². The quantitative estimate of drug-likeness (QED) is 0.885. The van der Waals surface area contributed by atoms with Gasteiger partial charge in [0.2, 0.25) is 0 Å². The number of rotatable bonds is 2. The molecule has 0 amide bonds. The van der Waals surface area contributed by atoms with Crippen LogP contribution in [0.2, 0.25) is 15.2 Å². The summed E-state index contributed by atoms with van der Waals surface area (Å²) in [4.78, 5) is 0. The van der Waals surface area contributed by atoms with E-state index in [9.17, 15) is 0 Å². The zero-order valence-electron chi connectivity index (χ0n) is 8.84. The molecule has 0 aliphatic rings. The fraction of sp³-hybridized carbons (Fsp3) is 0.0909. The summed E-state index contributed by atoms with van der Waals surface area (Å²) in [6, 6.07) is 5.28. The van der Waals surface area contributed by atoms with Gasteiger partial charge < -0.3 is 5.32 Å². The van der Waals surface area contributed by atoms with Crippen LogP contribution < -0.4 is 5.32 Å². The van der Waals surface area contributed by atoms with Gasteiger partial charge in [-0.3, -0.25) is 0 Å². The molecule has 0 saturated carbocycles. The van der Waals surface area contributed by atoms with Crippen molar-refractivity contribution >= 4 is 46.2 Å². The Morgan fingerprint density at radius 2 is 1.88 bits per heavy atom. The summed E-state index contributed by atoms with van der Waals surface area (Å²) in [6.45, 7) is 1.86. The summed E-state index contributed by atoms with van der Waals surface area (Å²) in [5, 5.41) is 12.0. The number of aromatic nitrogens is 2. The molecule has 0 radical (unpaired) electrons. The number of hydrogen-bond donors (Lipinski definition) is 1. The fourth-order valence-electron chi connectivity index (χ4n) is 1.28. The van der Waals surface area contributed by atoms with E-state index in [1.807, 2.05) is 13.0 Å². The molecule has 2 rings (SSSR count). The lowest BCUT2D eigenvalue weighted by Gasteiger charge is -2.09. The first-order valence-corrected chi connectivity index (χ1v) is 5.91. The summed E-state index contributed by atoms with van der Waals surface area (Å²) in [7, 11) is 0. The van der Waals surface area contributed by atoms with Crippen molar-refractivity contribution in [2.75, 3.05) is 5.32 Å². The summed E-state index contributed by atoms with van der Waals surface area (Å²) in [5.74, 6) is 0. The lowest BCUT2D eigenvalue weighted by atomic mass is 10.2. The van der Waals surface area contributed by atoms with Crippen molar-refractivity contribution in [3.63, 3.8) is 0 Å². The molecular weight excluding hydrogens is 281 g/mol. The van der Waals surface area contributed by atoms with Crippen molar-refractivity contribution in [3.8, 4) is 0 Å². The highest BCUT2D eigenvalue weighted by Crippen LogP contribution is 2.28. The normalized spacial score (nSPS) is 10.4. The predicted molar refractivity (Wildman–Crippen MR) is 71.5 cm³/mol. The van der Waals surface area contributed by atoms with Crippen LogP contribution >= 0.6 is 34.8 Å². The van der Waals surface area contributed by atoms with Crippen molar-refractivity contribution in [1.29, 1.82) is 0 Å². The van der Waals surface area contributed by atoms with Crippen molar-refractivity contribution in [2.24, 2.45) is 0 Å². The smallest absolute Gasteiger partial charge is 0.156 e. The average Bonchev–Trinajstić information content (AvgIpc) is 2.30. The number of benzene rings is 1. The number of nitrogens with zero attached hydrogens (tertiary/aromatic N) is 2. The largest absolute Gasteiger partial charge is 0.354 e. The molecule has 0 bridgehead atoms. The van der Waals surface area contributed by atoms with E-state index in [0.717, 1.165) is 16.9 Å². The van der Waals surface area contributed by atoms with Gasteiger partial charge in [-0.25, -0.2) is 0 Å². The maximum absolute atomic E-state index is 5.93. The second kappa shape index (κ2) is 5.08. The Bertz CT molecular complexity index is 558. The van der Waals surface area contributed by atoms with Crippen LogP contribution in [0.3, 0.4) is 0 Å². The molecule has 1 N–H and O–H groups in total. The van der Waals surface area contributed by atoms with Gasteiger partial charge in [-0.2, -0.15) is 5.10 Å². The highest BCUT2D eigenvalue weighted by molar-refractivity contribution is 6.42. The molecule has 17 heavy (non-hydrogen) atoms. The zero-order valence-corrected chi connectivity index (χ0v) is 11.1. The maximum atomic E-state index is 5.93. The van der Waals surface area contributed by atoms with Crippen molar-refractivity contribution < 1.29 is 0 Å². The van der Waals surface area contributed by atoms with E-state index < -0.39 is 0 Å². The minimum absolute atomic E-state index is 0.370. The summed E-state index contributed by atoms with van der Waals surface area (Å²) in [6.07, 6.45) is 1.60. The lowest BCUT2D eigenvalue weighted by molar-refractivity contribution is 1.02. The third-order valence-corrected chi connectivity index (χ3v) is 3.34. The van der Waals surface area contributed by atoms with Crippen LogP contribution in [0.4, 0.5) is 11.4 Å². The van der Waals surface area contributed by atoms with E-state index in [1.165, 1.54) is 0 Å². The lowest BCUT2D eigenvalue weighted by Crippen LogP contribution is -1.96. The van der Waals surface area contributed by atoms with Gasteiger partial charge in [-0.15, -0.1) is 5.10 Å². The first-order valence-electron chi connectivity index (χ1n) is 4.78. The number of nitrogens with one attached hydrogen (secondary N) is 1. The second-order valence-corrected chi connectivity index (χ2v) is 4.60. The Balaban J connectivity index is 2.31. The Kier molecular flexibility index (Phi) is 3.72. The highest BCUT2D eigenvalue weighted by atomic mass is 35.5. The molecule has 0 fully saturated rings. The predicted octanol–water partition coefficient (Wildman–Crippen LogP) is 4.49. The van der Waals surface area contributed by atoms with Crippen LogP contribution in [-0.2, 0) is 0 Å². The Labute approximate surface area is 114 Å². The second-order valence-electron chi connectivity index (χ2n) is 3.43. The molecule has 0 unspecified atom stereocenters. The Morgan fingerprint density at radius 3 is 2.59 bits per heavy atom. The molecule has 3 nitrogen and oxygen atoms in total. The van der Waals surface area contributed by atoms with Gasteiger partial charge in [0.1, 0.15) is 0 Å². The van der Waals surface area contributed by atoms with Crippen LogP contribution in [-0.4, -0.2) is 10.2 Å². The van der Waals surface area contributed by atoms with Gasteiger partial charge in [0, 0.05) is 11.3 Å². The van der Waals surface area contributed by atoms with Crippen LogP contribution in [0.25, 0.3) is 0 Å². The van der Waals surface area contributed by atoms with Gasteiger partial charge >= 0.3 is 0 Å². The summed E-state index contributed by atoms with van der Waals surface area (Å²) >= 11 is 17.6. The molecule has 0 saturated heterocycles. The standard InChI is InChI=1S/C11H8Cl3N3/c1-6-10(5-15-17-11(6)14)16-7-2-3-8(12)9(13)4-7/h2-5H,1H3,(H,16,17). The third kappa shape index (κ3) is 2.80. The first kappa shape index (κ1) is 12.4. The minimum atomic E-state index is 0.370. The number of anilines is 2. The van der Waals surface area contributed by atoms with Crippen LogP contribution in [0.1, 0.15) is 5.56 Å². The first-order chi connectivity index (χ1) is 8.08. The minimum Gasteiger partial charge on any atom is -0.354 e. The molecule has 0 aliphatic carbocycles. The van der Waals surface area contributed by atoms with Gasteiger partial charge in [-0.1, -0.05) is 34.8 Å². The molecule has 0 atom stereocenters. The van der Waals surface area contributed by atoms with Gasteiger partial charge in [0.25, 0.3) is 0 Å². The molecular formula is C11H8Cl3N3. The van der Waals surface area contributed by atoms with E-state index in [-0.39, 0.29) is 0 Å². The van der Waals surface area contributed by atoms with Gasteiger partial charge in [-0.05, 0) is 25.1 Å². The molecule has 1 aromatic heterocycles. The molecule has 1 heterocycles. The molecule has 2 aromatic rings. The Morgan fingerprint density at radius 1 is 1.12 bits per heavy atom. The monoisotopic (exact) mass is 287 g/mol. The van der Waals surface area contributed by atoms with Crippen LogP contribution in [0, 0.1) is 6.92 Å². The van der Waals surface area contributed by atoms with Crippen LogP contribution in [0.5, 0.6) is 0 Å². The van der Waals surface area contributed by atoms with Gasteiger partial charge in [0.05, 0.1) is 21.9 Å². The molecule has 6 heteroatoms. The third-order valence-electron chi connectivity index (χ3n) is 2.24. The maximum Gasteiger partial charge on any atom is 0.156 e. The highest BCUT2D eigenvalue weighted by Gasteiger charge is 2.05. The van der Waals surface area contributed by atoms with E-state index in [0.29, 0.717) is 15.2 Å². The van der Waals surface area contributed by atoms with E-state index >= 15 is 0 Å². The molecule has 1 aromatic carbocycles. The number of halogens is 3. The topological polar surface area (TPSA) is 37.8 Å². The SMILES string of the molecule is Cc1c(Nc2ccc(Cl)c(Cl)c2)cnnc1Cl. The van der Waals surface area contributed by atoms with E-state index in [4.69, 9.17) is 34.8 Å². The average molecular weight is 289 g/mol. The van der Waals surface area contributed by atoms with Crippen molar-refractivity contribution in [2.45, 2.75) is 6.92 Å². The molecule has 88 valence electrons. The Hall–Kier alpha value is -1.03. The fourth-order valence-corrected chi connectivity index (χ4v) is 1.72.